The van der Waals surface area contributed by atoms with Crippen LogP contribution in [0.15, 0.2) is 60.7 Å². The molecule has 0 heterocycles. The number of nitrogens with two attached hydrogens (primary N) is 1. The van der Waals surface area contributed by atoms with Crippen molar-refractivity contribution in [2.75, 3.05) is 20.8 Å². The van der Waals surface area contributed by atoms with Gasteiger partial charge < -0.3 is 15.2 Å². The van der Waals surface area contributed by atoms with E-state index in [0.29, 0.717) is 6.54 Å². The monoisotopic (exact) mass is 321 g/mol. The number of benzene rings is 3. The van der Waals surface area contributed by atoms with Gasteiger partial charge in [0.25, 0.3) is 0 Å². The smallest absolute Gasteiger partial charge is 0.126 e. The first-order valence-electron chi connectivity index (χ1n) is 8.15. The molecule has 0 aliphatic carbocycles. The summed E-state index contributed by atoms with van der Waals surface area (Å²) in [6.45, 7) is 0.561. The zero-order chi connectivity index (χ0) is 16.9. The SMILES string of the molecule is COc1ccc(C(CN)Cc2cccc3ccccc23)c(OC)c1. The summed E-state index contributed by atoms with van der Waals surface area (Å²) in [5.41, 5.74) is 8.53. The van der Waals surface area contributed by atoms with Crippen LogP contribution in [-0.2, 0) is 6.42 Å². The van der Waals surface area contributed by atoms with Crippen molar-refractivity contribution in [1.82, 2.24) is 0 Å². The van der Waals surface area contributed by atoms with Crippen LogP contribution in [0, 0.1) is 0 Å². The lowest BCUT2D eigenvalue weighted by Crippen LogP contribution is -2.16. The van der Waals surface area contributed by atoms with Crippen LogP contribution in [0.25, 0.3) is 10.8 Å². The zero-order valence-electron chi connectivity index (χ0n) is 14.2. The molecule has 0 aliphatic rings. The maximum atomic E-state index is 6.10. The molecule has 0 saturated heterocycles. The molecule has 3 nitrogen and oxygen atoms in total. The van der Waals surface area contributed by atoms with Crippen molar-refractivity contribution in [3.8, 4) is 11.5 Å². The molecule has 1 unspecified atom stereocenters. The minimum atomic E-state index is 0.191. The van der Waals surface area contributed by atoms with Crippen LogP contribution in [0.3, 0.4) is 0 Å². The highest BCUT2D eigenvalue weighted by Crippen LogP contribution is 2.33. The average Bonchev–Trinajstić information content (AvgIpc) is 2.65. The number of fused-ring (bicyclic) bond motifs is 1. The van der Waals surface area contributed by atoms with E-state index < -0.39 is 0 Å². The molecule has 124 valence electrons. The summed E-state index contributed by atoms with van der Waals surface area (Å²) >= 11 is 0. The Labute approximate surface area is 143 Å². The molecule has 3 rings (SSSR count). The second kappa shape index (κ2) is 7.37. The number of methoxy groups -OCH3 is 2. The third-order valence-corrected chi connectivity index (χ3v) is 4.51. The summed E-state index contributed by atoms with van der Waals surface area (Å²) < 4.78 is 10.9. The molecular formula is C21H23NO2. The Balaban J connectivity index is 1.97. The molecular weight excluding hydrogens is 298 g/mol. The van der Waals surface area contributed by atoms with Gasteiger partial charge in [0.2, 0.25) is 0 Å². The van der Waals surface area contributed by atoms with E-state index in [1.165, 1.54) is 16.3 Å². The van der Waals surface area contributed by atoms with E-state index >= 15 is 0 Å². The summed E-state index contributed by atoms with van der Waals surface area (Å²) in [6, 6.07) is 20.8. The van der Waals surface area contributed by atoms with E-state index in [9.17, 15) is 0 Å². The van der Waals surface area contributed by atoms with E-state index in [0.717, 1.165) is 23.5 Å². The highest BCUT2D eigenvalue weighted by atomic mass is 16.5. The Hall–Kier alpha value is -2.52. The van der Waals surface area contributed by atoms with Gasteiger partial charge in [0.1, 0.15) is 11.5 Å². The van der Waals surface area contributed by atoms with Gasteiger partial charge >= 0.3 is 0 Å². The number of hydrogen-bond acceptors (Lipinski definition) is 3. The van der Waals surface area contributed by atoms with Crippen molar-refractivity contribution in [1.29, 1.82) is 0 Å². The Morgan fingerprint density at radius 1 is 0.917 bits per heavy atom. The van der Waals surface area contributed by atoms with Crippen molar-refractivity contribution in [2.24, 2.45) is 5.73 Å². The van der Waals surface area contributed by atoms with Crippen LogP contribution in [-0.4, -0.2) is 20.8 Å². The molecule has 0 radical (unpaired) electrons. The van der Waals surface area contributed by atoms with Gasteiger partial charge in [-0.1, -0.05) is 48.5 Å². The van der Waals surface area contributed by atoms with Gasteiger partial charge in [-0.3, -0.25) is 0 Å². The largest absolute Gasteiger partial charge is 0.497 e. The van der Waals surface area contributed by atoms with Crippen LogP contribution < -0.4 is 15.2 Å². The highest BCUT2D eigenvalue weighted by Gasteiger charge is 2.17. The lowest BCUT2D eigenvalue weighted by molar-refractivity contribution is 0.388. The first kappa shape index (κ1) is 16.3. The van der Waals surface area contributed by atoms with Crippen LogP contribution >= 0.6 is 0 Å². The summed E-state index contributed by atoms with van der Waals surface area (Å²) in [5, 5.41) is 2.54. The van der Waals surface area contributed by atoms with Crippen LogP contribution in [0.1, 0.15) is 17.0 Å². The van der Waals surface area contributed by atoms with Crippen LogP contribution in [0.5, 0.6) is 11.5 Å². The van der Waals surface area contributed by atoms with Gasteiger partial charge in [-0.2, -0.15) is 0 Å². The second-order valence-corrected chi connectivity index (χ2v) is 5.88. The van der Waals surface area contributed by atoms with Crippen molar-refractivity contribution >= 4 is 10.8 Å². The highest BCUT2D eigenvalue weighted by molar-refractivity contribution is 5.85. The number of hydrogen-bond donors (Lipinski definition) is 1. The lowest BCUT2D eigenvalue weighted by atomic mass is 9.89. The van der Waals surface area contributed by atoms with Gasteiger partial charge in [-0.15, -0.1) is 0 Å². The fourth-order valence-corrected chi connectivity index (χ4v) is 3.21. The van der Waals surface area contributed by atoms with Gasteiger partial charge in [-0.05, 0) is 40.9 Å². The number of ether oxygens (including phenoxy) is 2. The van der Waals surface area contributed by atoms with E-state index in [4.69, 9.17) is 15.2 Å². The van der Waals surface area contributed by atoms with Crippen LogP contribution in [0.4, 0.5) is 0 Å². The Kier molecular flexibility index (Phi) is 5.02. The fraction of sp³-hybridized carbons (Fsp3) is 0.238. The normalized spacial score (nSPS) is 12.1. The topological polar surface area (TPSA) is 44.5 Å². The summed E-state index contributed by atoms with van der Waals surface area (Å²) in [5.74, 6) is 1.80. The molecule has 3 heteroatoms. The molecule has 24 heavy (non-hydrogen) atoms. The van der Waals surface area contributed by atoms with Gasteiger partial charge in [0.05, 0.1) is 14.2 Å². The molecule has 0 spiro atoms. The Bertz CT molecular complexity index is 824. The van der Waals surface area contributed by atoms with Crippen molar-refractivity contribution in [3.05, 3.63) is 71.8 Å². The minimum Gasteiger partial charge on any atom is -0.497 e. The summed E-state index contributed by atoms with van der Waals surface area (Å²) in [4.78, 5) is 0. The van der Waals surface area contributed by atoms with Gasteiger partial charge in [0.15, 0.2) is 0 Å². The molecule has 0 saturated carbocycles. The minimum absolute atomic E-state index is 0.191. The summed E-state index contributed by atoms with van der Waals surface area (Å²) in [7, 11) is 3.34. The molecule has 0 bridgehead atoms. The quantitative estimate of drug-likeness (QED) is 0.742. The average molecular weight is 321 g/mol. The second-order valence-electron chi connectivity index (χ2n) is 5.88. The van der Waals surface area contributed by atoms with Crippen molar-refractivity contribution in [2.45, 2.75) is 12.3 Å². The maximum Gasteiger partial charge on any atom is 0.126 e. The molecule has 0 amide bonds. The molecule has 0 aromatic heterocycles. The fourth-order valence-electron chi connectivity index (χ4n) is 3.21. The van der Waals surface area contributed by atoms with Crippen LogP contribution in [0.2, 0.25) is 0 Å². The third-order valence-electron chi connectivity index (χ3n) is 4.51. The Morgan fingerprint density at radius 3 is 2.46 bits per heavy atom. The predicted molar refractivity (Wildman–Crippen MR) is 99.0 cm³/mol. The lowest BCUT2D eigenvalue weighted by Gasteiger charge is -2.20. The molecule has 0 fully saturated rings. The van der Waals surface area contributed by atoms with Crippen molar-refractivity contribution in [3.63, 3.8) is 0 Å². The maximum absolute atomic E-state index is 6.10. The van der Waals surface area contributed by atoms with Gasteiger partial charge in [0, 0.05) is 12.0 Å². The van der Waals surface area contributed by atoms with E-state index in [1.54, 1.807) is 14.2 Å². The predicted octanol–water partition coefficient (Wildman–Crippen LogP) is 4.14. The van der Waals surface area contributed by atoms with E-state index in [2.05, 4.69) is 48.5 Å². The standard InChI is InChI=1S/C21H23NO2/c1-23-18-10-11-20(21(13-18)24-2)17(14-22)12-16-8-5-7-15-6-3-4-9-19(15)16/h3-11,13,17H,12,14,22H2,1-2H3. The third kappa shape index (κ3) is 3.22. The Morgan fingerprint density at radius 2 is 1.71 bits per heavy atom. The molecule has 1 atom stereocenters. The first-order valence-corrected chi connectivity index (χ1v) is 8.15. The number of rotatable bonds is 6. The van der Waals surface area contributed by atoms with E-state index in [1.807, 2.05) is 12.1 Å². The molecule has 2 N–H and O–H groups in total. The summed E-state index contributed by atoms with van der Waals surface area (Å²) in [6.07, 6.45) is 0.876. The molecule has 3 aromatic rings. The van der Waals surface area contributed by atoms with E-state index in [-0.39, 0.29) is 5.92 Å². The zero-order valence-corrected chi connectivity index (χ0v) is 14.2. The molecule has 3 aromatic carbocycles. The van der Waals surface area contributed by atoms with Crippen molar-refractivity contribution < 1.29 is 9.47 Å². The van der Waals surface area contributed by atoms with Gasteiger partial charge in [-0.25, -0.2) is 0 Å². The first-order chi connectivity index (χ1) is 11.8. The molecule has 0 aliphatic heterocycles.